The van der Waals surface area contributed by atoms with E-state index < -0.39 is 6.10 Å². The van der Waals surface area contributed by atoms with Crippen LogP contribution in [0, 0.1) is 5.92 Å². The van der Waals surface area contributed by atoms with Gasteiger partial charge in [0.2, 0.25) is 0 Å². The third-order valence-corrected chi connectivity index (χ3v) is 3.18. The maximum absolute atomic E-state index is 10.2. The maximum Gasteiger partial charge on any atom is 0.129 e. The summed E-state index contributed by atoms with van der Waals surface area (Å²) in [5.41, 5.74) is 2.02. The number of hydrogen-bond acceptors (Lipinski definition) is 2. The smallest absolute Gasteiger partial charge is 0.129 e. The fourth-order valence-corrected chi connectivity index (χ4v) is 2.48. The topological polar surface area (TPSA) is 29.5 Å². The molecular formula is C15H22O2. The van der Waals surface area contributed by atoms with Crippen molar-refractivity contribution in [2.75, 3.05) is 0 Å². The Morgan fingerprint density at radius 1 is 1.35 bits per heavy atom. The van der Waals surface area contributed by atoms with Crippen LogP contribution in [0.25, 0.3) is 0 Å². The molecule has 0 saturated heterocycles. The van der Waals surface area contributed by atoms with Gasteiger partial charge in [0.25, 0.3) is 0 Å². The number of benzene rings is 1. The van der Waals surface area contributed by atoms with E-state index in [1.54, 1.807) is 0 Å². The Morgan fingerprint density at radius 2 is 2.06 bits per heavy atom. The molecule has 0 bridgehead atoms. The normalized spacial score (nSPS) is 18.9. The van der Waals surface area contributed by atoms with Crippen LogP contribution < -0.4 is 4.74 Å². The second kappa shape index (κ2) is 4.34. The Kier molecular flexibility index (Phi) is 3.17. The van der Waals surface area contributed by atoms with Crippen LogP contribution in [-0.2, 0) is 6.42 Å². The van der Waals surface area contributed by atoms with Crippen molar-refractivity contribution in [3.05, 3.63) is 29.3 Å². The third kappa shape index (κ3) is 2.63. The molecule has 1 unspecified atom stereocenters. The standard InChI is InChI=1S/C15H22O2/c1-10(2)8-13(16)12-7-5-6-11-9-15(3,4)17-14(11)12/h5-7,10,13,16H,8-9H2,1-4H3. The van der Waals surface area contributed by atoms with Crippen LogP contribution in [0.15, 0.2) is 18.2 Å². The molecule has 0 aliphatic carbocycles. The maximum atomic E-state index is 10.2. The van der Waals surface area contributed by atoms with E-state index in [9.17, 15) is 5.11 Å². The predicted molar refractivity (Wildman–Crippen MR) is 69.3 cm³/mol. The first-order chi connectivity index (χ1) is 7.89. The molecule has 2 rings (SSSR count). The van der Waals surface area contributed by atoms with E-state index in [1.165, 1.54) is 5.56 Å². The molecular weight excluding hydrogens is 212 g/mol. The molecule has 0 spiro atoms. The first-order valence-corrected chi connectivity index (χ1v) is 6.38. The first kappa shape index (κ1) is 12.4. The zero-order valence-corrected chi connectivity index (χ0v) is 11.2. The van der Waals surface area contributed by atoms with Gasteiger partial charge in [-0.25, -0.2) is 0 Å². The molecule has 1 heterocycles. The lowest BCUT2D eigenvalue weighted by Crippen LogP contribution is -2.25. The highest BCUT2D eigenvalue weighted by molar-refractivity contribution is 5.46. The lowest BCUT2D eigenvalue weighted by atomic mass is 9.95. The number of aliphatic hydroxyl groups is 1. The van der Waals surface area contributed by atoms with Crippen LogP contribution in [0.3, 0.4) is 0 Å². The van der Waals surface area contributed by atoms with Gasteiger partial charge in [0.15, 0.2) is 0 Å². The van der Waals surface area contributed by atoms with Crippen molar-refractivity contribution < 1.29 is 9.84 Å². The Balaban J connectivity index is 2.29. The summed E-state index contributed by atoms with van der Waals surface area (Å²) >= 11 is 0. The van der Waals surface area contributed by atoms with Crippen LogP contribution in [0.5, 0.6) is 5.75 Å². The van der Waals surface area contributed by atoms with Crippen LogP contribution >= 0.6 is 0 Å². The summed E-state index contributed by atoms with van der Waals surface area (Å²) in [6.07, 6.45) is 1.28. The van der Waals surface area contributed by atoms with Crippen molar-refractivity contribution in [3.8, 4) is 5.75 Å². The summed E-state index contributed by atoms with van der Waals surface area (Å²) < 4.78 is 5.97. The van der Waals surface area contributed by atoms with E-state index in [4.69, 9.17) is 4.74 Å². The van der Waals surface area contributed by atoms with Gasteiger partial charge in [-0.2, -0.15) is 0 Å². The summed E-state index contributed by atoms with van der Waals surface area (Å²) in [7, 11) is 0. The van der Waals surface area contributed by atoms with Crippen LogP contribution in [-0.4, -0.2) is 10.7 Å². The van der Waals surface area contributed by atoms with Gasteiger partial charge in [-0.15, -0.1) is 0 Å². The molecule has 1 atom stereocenters. The van der Waals surface area contributed by atoms with E-state index in [-0.39, 0.29) is 5.60 Å². The monoisotopic (exact) mass is 234 g/mol. The van der Waals surface area contributed by atoms with Gasteiger partial charge in [-0.3, -0.25) is 0 Å². The van der Waals surface area contributed by atoms with E-state index in [0.29, 0.717) is 5.92 Å². The van der Waals surface area contributed by atoms with Crippen LogP contribution in [0.4, 0.5) is 0 Å². The van der Waals surface area contributed by atoms with E-state index >= 15 is 0 Å². The number of hydrogen-bond donors (Lipinski definition) is 1. The Hall–Kier alpha value is -1.02. The number of fused-ring (bicyclic) bond motifs is 1. The lowest BCUT2D eigenvalue weighted by Gasteiger charge is -2.20. The molecule has 0 amide bonds. The van der Waals surface area contributed by atoms with E-state index in [1.807, 2.05) is 12.1 Å². The molecule has 1 aliphatic heterocycles. The molecule has 17 heavy (non-hydrogen) atoms. The third-order valence-electron chi connectivity index (χ3n) is 3.18. The minimum atomic E-state index is -0.418. The fraction of sp³-hybridized carbons (Fsp3) is 0.600. The van der Waals surface area contributed by atoms with Gasteiger partial charge in [0.1, 0.15) is 11.4 Å². The summed E-state index contributed by atoms with van der Waals surface area (Å²) in [5, 5.41) is 10.2. The van der Waals surface area contributed by atoms with Crippen molar-refractivity contribution in [1.82, 2.24) is 0 Å². The number of aliphatic hydroxyl groups excluding tert-OH is 1. The Bertz CT molecular complexity index is 407. The highest BCUT2D eigenvalue weighted by Crippen LogP contribution is 2.41. The summed E-state index contributed by atoms with van der Waals surface area (Å²) in [6, 6.07) is 6.09. The highest BCUT2D eigenvalue weighted by Gasteiger charge is 2.32. The fourth-order valence-electron chi connectivity index (χ4n) is 2.48. The molecule has 0 fully saturated rings. The molecule has 2 nitrogen and oxygen atoms in total. The summed E-state index contributed by atoms with van der Waals surface area (Å²) in [6.45, 7) is 8.42. The second-order valence-electron chi connectivity index (χ2n) is 6.02. The minimum Gasteiger partial charge on any atom is -0.487 e. The Labute approximate surface area is 104 Å². The summed E-state index contributed by atoms with van der Waals surface area (Å²) in [4.78, 5) is 0. The SMILES string of the molecule is CC(C)CC(O)c1cccc2c1OC(C)(C)C2. The lowest BCUT2D eigenvalue weighted by molar-refractivity contribution is 0.119. The zero-order valence-electron chi connectivity index (χ0n) is 11.2. The largest absolute Gasteiger partial charge is 0.487 e. The summed E-state index contributed by atoms with van der Waals surface area (Å²) in [5.74, 6) is 1.39. The molecule has 0 saturated carbocycles. The predicted octanol–water partition coefficient (Wildman–Crippen LogP) is 3.48. The van der Waals surface area contributed by atoms with Crippen molar-refractivity contribution >= 4 is 0 Å². The van der Waals surface area contributed by atoms with E-state index in [2.05, 4.69) is 33.8 Å². The van der Waals surface area contributed by atoms with Gasteiger partial charge in [0.05, 0.1) is 6.10 Å². The van der Waals surface area contributed by atoms with Crippen molar-refractivity contribution in [1.29, 1.82) is 0 Å². The average Bonchev–Trinajstić information content (AvgIpc) is 2.49. The van der Waals surface area contributed by atoms with Gasteiger partial charge < -0.3 is 9.84 Å². The molecule has 1 aromatic rings. The van der Waals surface area contributed by atoms with Gasteiger partial charge in [0, 0.05) is 12.0 Å². The minimum absolute atomic E-state index is 0.143. The van der Waals surface area contributed by atoms with Crippen LogP contribution in [0.1, 0.15) is 51.3 Å². The Morgan fingerprint density at radius 3 is 2.71 bits per heavy atom. The highest BCUT2D eigenvalue weighted by atomic mass is 16.5. The molecule has 0 aromatic heterocycles. The quantitative estimate of drug-likeness (QED) is 0.867. The molecule has 94 valence electrons. The van der Waals surface area contributed by atoms with Crippen LogP contribution in [0.2, 0.25) is 0 Å². The molecule has 0 radical (unpaired) electrons. The number of rotatable bonds is 3. The van der Waals surface area contributed by atoms with Gasteiger partial charge in [-0.1, -0.05) is 32.0 Å². The second-order valence-corrected chi connectivity index (χ2v) is 6.02. The van der Waals surface area contributed by atoms with Crippen molar-refractivity contribution in [2.45, 2.75) is 52.2 Å². The van der Waals surface area contributed by atoms with E-state index in [0.717, 1.165) is 24.2 Å². The molecule has 1 aliphatic rings. The van der Waals surface area contributed by atoms with Crippen molar-refractivity contribution in [3.63, 3.8) is 0 Å². The molecule has 1 N–H and O–H groups in total. The number of para-hydroxylation sites is 1. The average molecular weight is 234 g/mol. The number of ether oxygens (including phenoxy) is 1. The van der Waals surface area contributed by atoms with Gasteiger partial charge >= 0.3 is 0 Å². The zero-order chi connectivity index (χ0) is 12.6. The first-order valence-electron chi connectivity index (χ1n) is 6.38. The van der Waals surface area contributed by atoms with Crippen molar-refractivity contribution in [2.24, 2.45) is 5.92 Å². The molecule has 1 aromatic carbocycles. The van der Waals surface area contributed by atoms with Gasteiger partial charge in [-0.05, 0) is 31.7 Å². The molecule has 2 heteroatoms.